The number of halogens is 3. The normalized spacial score (nSPS) is 12.9. The van der Waals surface area contributed by atoms with Crippen LogP contribution in [0.3, 0.4) is 0 Å². The van der Waals surface area contributed by atoms with Gasteiger partial charge in [-0.1, -0.05) is 0 Å². The summed E-state index contributed by atoms with van der Waals surface area (Å²) in [6.45, 7) is -0.311. The maximum absolute atomic E-state index is 14.8. The van der Waals surface area contributed by atoms with E-state index in [1.165, 1.54) is 24.3 Å². The van der Waals surface area contributed by atoms with Gasteiger partial charge in [-0.05, 0) is 48.5 Å². The summed E-state index contributed by atoms with van der Waals surface area (Å²) in [6.07, 6.45) is 0. The average Bonchev–Trinajstić information content (AvgIpc) is 2.83. The zero-order chi connectivity index (χ0) is 26.2. The van der Waals surface area contributed by atoms with Crippen molar-refractivity contribution in [3.8, 4) is 11.5 Å². The molecule has 13 heteroatoms. The van der Waals surface area contributed by atoms with E-state index < -0.39 is 55.6 Å². The number of sulfonamides is 1. The van der Waals surface area contributed by atoms with E-state index in [9.17, 15) is 31.2 Å². The van der Waals surface area contributed by atoms with Gasteiger partial charge in [-0.2, -0.15) is 0 Å². The van der Waals surface area contributed by atoms with E-state index in [1.54, 1.807) is 0 Å². The predicted molar refractivity (Wildman–Crippen MR) is 121 cm³/mol. The second kappa shape index (κ2) is 9.41. The molecule has 0 atom stereocenters. The number of aromatic carboxylic acids is 1. The molecule has 0 saturated carbocycles. The molecule has 3 aromatic carbocycles. The summed E-state index contributed by atoms with van der Waals surface area (Å²) in [4.78, 5) is 22.9. The molecule has 0 bridgehead atoms. The molecule has 1 aliphatic rings. The van der Waals surface area contributed by atoms with E-state index in [4.69, 9.17) is 9.84 Å². The molecular weight excluding hydrogens is 505 g/mol. The standard InChI is InChI=1S/C23H17F3N2O7S/c1-34-21-15(24)5-7-19(20(21)26)36(32,33)28-8-9-35-18-6-2-12(10-17(18)28)22(29)27-13-3-4-14(23(30)31)16(25)11-13/h2-7,10-11H,8-9H2,1H3,(H,27,29)(H,30,31). The monoisotopic (exact) mass is 522 g/mol. The number of carboxylic acids is 1. The Morgan fingerprint density at radius 1 is 1.06 bits per heavy atom. The van der Waals surface area contributed by atoms with Gasteiger partial charge < -0.3 is 19.9 Å². The van der Waals surface area contributed by atoms with Gasteiger partial charge in [0.25, 0.3) is 15.9 Å². The number of nitrogens with zero attached hydrogens (tertiary/aromatic N) is 1. The van der Waals surface area contributed by atoms with Gasteiger partial charge in [0.1, 0.15) is 23.1 Å². The maximum atomic E-state index is 14.8. The number of rotatable bonds is 6. The molecule has 1 amide bonds. The van der Waals surface area contributed by atoms with Gasteiger partial charge in [0, 0.05) is 11.3 Å². The molecule has 1 aliphatic heterocycles. The third-order valence-corrected chi connectivity index (χ3v) is 7.12. The number of methoxy groups -OCH3 is 1. The van der Waals surface area contributed by atoms with Crippen LogP contribution in [-0.4, -0.2) is 45.7 Å². The largest absolute Gasteiger partial charge is 0.491 e. The molecule has 0 unspecified atom stereocenters. The molecule has 188 valence electrons. The van der Waals surface area contributed by atoms with Gasteiger partial charge in [0.15, 0.2) is 17.4 Å². The fourth-order valence-corrected chi connectivity index (χ4v) is 5.09. The number of amides is 1. The van der Waals surface area contributed by atoms with Crippen LogP contribution < -0.4 is 19.1 Å². The Morgan fingerprint density at radius 2 is 1.81 bits per heavy atom. The number of ether oxygens (including phenoxy) is 2. The Hall–Kier alpha value is -4.26. The van der Waals surface area contributed by atoms with Crippen molar-refractivity contribution in [2.24, 2.45) is 0 Å². The van der Waals surface area contributed by atoms with E-state index in [0.29, 0.717) is 0 Å². The molecule has 3 aromatic rings. The first-order chi connectivity index (χ1) is 17.0. The van der Waals surface area contributed by atoms with Crippen LogP contribution in [0.1, 0.15) is 20.7 Å². The molecule has 0 spiro atoms. The van der Waals surface area contributed by atoms with Crippen molar-refractivity contribution in [3.05, 3.63) is 77.1 Å². The maximum Gasteiger partial charge on any atom is 0.338 e. The van der Waals surface area contributed by atoms with E-state index >= 15 is 0 Å². The number of carbonyl (C=O) groups excluding carboxylic acids is 1. The van der Waals surface area contributed by atoms with Gasteiger partial charge in [-0.25, -0.2) is 26.4 Å². The SMILES string of the molecule is COc1c(F)ccc(S(=O)(=O)N2CCOc3ccc(C(=O)Nc4ccc(C(=O)O)c(F)c4)cc32)c1F. The zero-order valence-corrected chi connectivity index (χ0v) is 19.2. The van der Waals surface area contributed by atoms with Crippen molar-refractivity contribution in [2.75, 3.05) is 29.9 Å². The molecule has 36 heavy (non-hydrogen) atoms. The fraction of sp³-hybridized carbons (Fsp3) is 0.130. The highest BCUT2D eigenvalue weighted by Gasteiger charge is 2.34. The van der Waals surface area contributed by atoms with E-state index in [1.807, 2.05) is 0 Å². The minimum absolute atomic E-state index is 0.0403. The van der Waals surface area contributed by atoms with Gasteiger partial charge in [0.05, 0.1) is 24.9 Å². The number of carbonyl (C=O) groups is 2. The quantitative estimate of drug-likeness (QED) is 0.507. The van der Waals surface area contributed by atoms with Crippen LogP contribution >= 0.6 is 0 Å². The summed E-state index contributed by atoms with van der Waals surface area (Å²) in [7, 11) is -3.59. The average molecular weight is 522 g/mol. The lowest BCUT2D eigenvalue weighted by Gasteiger charge is -2.31. The topological polar surface area (TPSA) is 122 Å². The Bertz CT molecular complexity index is 1500. The summed E-state index contributed by atoms with van der Waals surface area (Å²) in [5, 5.41) is 11.3. The van der Waals surface area contributed by atoms with Gasteiger partial charge in [-0.3, -0.25) is 9.10 Å². The fourth-order valence-electron chi connectivity index (χ4n) is 3.57. The van der Waals surface area contributed by atoms with E-state index in [0.717, 1.165) is 35.7 Å². The van der Waals surface area contributed by atoms with Gasteiger partial charge in [0.2, 0.25) is 0 Å². The number of nitrogens with one attached hydrogen (secondary N) is 1. The second-order valence-electron chi connectivity index (χ2n) is 7.45. The van der Waals surface area contributed by atoms with Crippen molar-refractivity contribution >= 4 is 33.3 Å². The number of benzene rings is 3. The minimum atomic E-state index is -4.58. The summed E-state index contributed by atoms with van der Waals surface area (Å²) in [5.74, 6) is -6.57. The lowest BCUT2D eigenvalue weighted by Crippen LogP contribution is -2.38. The summed E-state index contributed by atoms with van der Waals surface area (Å²) in [5.41, 5.74) is -0.755. The van der Waals surface area contributed by atoms with Crippen molar-refractivity contribution in [1.82, 2.24) is 0 Å². The van der Waals surface area contributed by atoms with E-state index in [2.05, 4.69) is 10.1 Å². The number of hydrogen-bond donors (Lipinski definition) is 2. The second-order valence-corrected chi connectivity index (χ2v) is 9.29. The number of carboxylic acid groups (broad SMARTS) is 1. The molecule has 0 aromatic heterocycles. The molecule has 0 aliphatic carbocycles. The highest BCUT2D eigenvalue weighted by atomic mass is 32.2. The summed E-state index contributed by atoms with van der Waals surface area (Å²) in [6, 6.07) is 8.36. The zero-order valence-electron chi connectivity index (χ0n) is 18.4. The first-order valence-corrected chi connectivity index (χ1v) is 11.6. The van der Waals surface area contributed by atoms with Crippen LogP contribution in [-0.2, 0) is 10.0 Å². The number of anilines is 2. The Morgan fingerprint density at radius 3 is 2.47 bits per heavy atom. The van der Waals surface area contributed by atoms with Crippen LogP contribution in [0.25, 0.3) is 0 Å². The van der Waals surface area contributed by atoms with Crippen molar-refractivity contribution < 1.29 is 45.8 Å². The third-order valence-electron chi connectivity index (χ3n) is 5.28. The van der Waals surface area contributed by atoms with E-state index in [-0.39, 0.29) is 35.8 Å². The molecule has 1 heterocycles. The van der Waals surface area contributed by atoms with Crippen LogP contribution in [0, 0.1) is 17.5 Å². The first-order valence-electron chi connectivity index (χ1n) is 10.2. The third kappa shape index (κ3) is 4.40. The molecule has 9 nitrogen and oxygen atoms in total. The molecule has 4 rings (SSSR count). The van der Waals surface area contributed by atoms with Crippen molar-refractivity contribution in [3.63, 3.8) is 0 Å². The highest BCUT2D eigenvalue weighted by molar-refractivity contribution is 7.92. The van der Waals surface area contributed by atoms with Crippen LogP contribution in [0.15, 0.2) is 53.4 Å². The number of fused-ring (bicyclic) bond motifs is 1. The Kier molecular flexibility index (Phi) is 6.50. The highest BCUT2D eigenvalue weighted by Crippen LogP contribution is 2.38. The smallest absolute Gasteiger partial charge is 0.338 e. The Balaban J connectivity index is 1.68. The predicted octanol–water partition coefficient (Wildman–Crippen LogP) is 3.65. The molecule has 0 radical (unpaired) electrons. The summed E-state index contributed by atoms with van der Waals surface area (Å²) >= 11 is 0. The van der Waals surface area contributed by atoms with Gasteiger partial charge in [-0.15, -0.1) is 0 Å². The van der Waals surface area contributed by atoms with Gasteiger partial charge >= 0.3 is 5.97 Å². The molecule has 0 saturated heterocycles. The molecule has 0 fully saturated rings. The number of hydrogen-bond acceptors (Lipinski definition) is 6. The molecule has 2 N–H and O–H groups in total. The van der Waals surface area contributed by atoms with Crippen LogP contribution in [0.5, 0.6) is 11.5 Å². The van der Waals surface area contributed by atoms with Crippen molar-refractivity contribution in [2.45, 2.75) is 4.90 Å². The van der Waals surface area contributed by atoms with Crippen molar-refractivity contribution in [1.29, 1.82) is 0 Å². The molecular formula is C23H17F3N2O7S. The first kappa shape index (κ1) is 24.9. The lowest BCUT2D eigenvalue weighted by molar-refractivity contribution is 0.0691. The Labute approximate surface area is 202 Å². The van der Waals surface area contributed by atoms with Crippen LogP contribution in [0.2, 0.25) is 0 Å². The van der Waals surface area contributed by atoms with Crippen LogP contribution in [0.4, 0.5) is 24.5 Å². The lowest BCUT2D eigenvalue weighted by atomic mass is 10.1. The minimum Gasteiger partial charge on any atom is -0.491 e. The summed E-state index contributed by atoms with van der Waals surface area (Å²) < 4.78 is 80.1.